The first-order chi connectivity index (χ1) is 8.05. The van der Waals surface area contributed by atoms with Gasteiger partial charge in [-0.25, -0.2) is 0 Å². The first-order valence-electron chi connectivity index (χ1n) is 6.33. The van der Waals surface area contributed by atoms with Crippen LogP contribution in [0.1, 0.15) is 52.4 Å². The van der Waals surface area contributed by atoms with Crippen molar-refractivity contribution in [3.05, 3.63) is 0 Å². The highest BCUT2D eigenvalue weighted by atomic mass is 16.5. The summed E-state index contributed by atoms with van der Waals surface area (Å²) in [6.07, 6.45) is 4.62. The largest absolute Gasteiger partial charge is 0.378 e. The number of carbonyl (C=O) groups is 1. The molecule has 0 heterocycles. The van der Waals surface area contributed by atoms with Crippen LogP contribution in [0.3, 0.4) is 0 Å². The Hall–Kier alpha value is -1.08. The van der Waals surface area contributed by atoms with Gasteiger partial charge < -0.3 is 10.1 Å². The van der Waals surface area contributed by atoms with Gasteiger partial charge in [0.05, 0.1) is 18.1 Å². The van der Waals surface area contributed by atoms with E-state index in [9.17, 15) is 4.79 Å². The molecule has 0 radical (unpaired) electrons. The van der Waals surface area contributed by atoms with Crippen molar-refractivity contribution >= 4 is 5.91 Å². The molecule has 0 unspecified atom stereocenters. The number of amides is 1. The molecule has 1 saturated carbocycles. The first-order valence-corrected chi connectivity index (χ1v) is 6.33. The molecule has 0 bridgehead atoms. The number of carbonyl (C=O) groups excluding carboxylic acids is 1. The second-order valence-corrected chi connectivity index (χ2v) is 4.87. The van der Waals surface area contributed by atoms with Crippen LogP contribution in [0.15, 0.2) is 0 Å². The molecule has 0 saturated heterocycles. The molecule has 1 fully saturated rings. The summed E-state index contributed by atoms with van der Waals surface area (Å²) >= 11 is 0. The molecular formula is C13H22N2O2. The van der Waals surface area contributed by atoms with Crippen molar-refractivity contribution in [2.45, 2.75) is 63.5 Å². The topological polar surface area (TPSA) is 62.1 Å². The van der Waals surface area contributed by atoms with Gasteiger partial charge in [0.2, 0.25) is 5.91 Å². The Labute approximate surface area is 103 Å². The van der Waals surface area contributed by atoms with Crippen LogP contribution in [0.25, 0.3) is 0 Å². The summed E-state index contributed by atoms with van der Waals surface area (Å²) in [5.74, 6) is -0.0724. The van der Waals surface area contributed by atoms with Crippen LogP contribution >= 0.6 is 0 Å². The van der Waals surface area contributed by atoms with E-state index in [2.05, 4.69) is 11.4 Å². The predicted octanol–water partition coefficient (Wildman–Crippen LogP) is 2.14. The zero-order valence-corrected chi connectivity index (χ0v) is 11.0. The monoisotopic (exact) mass is 238 g/mol. The lowest BCUT2D eigenvalue weighted by molar-refractivity contribution is -0.135. The van der Waals surface area contributed by atoms with E-state index in [1.54, 1.807) is 7.11 Å². The highest BCUT2D eigenvalue weighted by molar-refractivity contribution is 5.78. The second-order valence-electron chi connectivity index (χ2n) is 4.87. The lowest BCUT2D eigenvalue weighted by atomic mass is 9.77. The van der Waals surface area contributed by atoms with Gasteiger partial charge in [-0.3, -0.25) is 4.79 Å². The second kappa shape index (κ2) is 5.50. The fourth-order valence-electron chi connectivity index (χ4n) is 2.24. The Balaban J connectivity index is 2.57. The third kappa shape index (κ3) is 2.98. The van der Waals surface area contributed by atoms with E-state index in [1.165, 1.54) is 0 Å². The summed E-state index contributed by atoms with van der Waals surface area (Å²) < 4.78 is 5.42. The first kappa shape index (κ1) is 14.0. The number of methoxy groups -OCH3 is 1. The molecule has 4 heteroatoms. The van der Waals surface area contributed by atoms with Crippen molar-refractivity contribution in [1.82, 2.24) is 5.32 Å². The fourth-order valence-corrected chi connectivity index (χ4v) is 2.24. The number of rotatable bonds is 6. The number of nitrogens with zero attached hydrogens (tertiary/aromatic N) is 1. The Bertz CT molecular complexity index is 306. The average Bonchev–Trinajstić information content (AvgIpc) is 2.31. The zero-order valence-electron chi connectivity index (χ0n) is 11.0. The zero-order chi connectivity index (χ0) is 12.9. The minimum Gasteiger partial charge on any atom is -0.378 e. The van der Waals surface area contributed by atoms with Gasteiger partial charge in [-0.1, -0.05) is 13.8 Å². The number of ether oxygens (including phenoxy) is 1. The number of hydrogen-bond acceptors (Lipinski definition) is 3. The molecule has 0 aromatic carbocycles. The smallest absolute Gasteiger partial charge is 0.224 e. The van der Waals surface area contributed by atoms with Gasteiger partial charge in [0.25, 0.3) is 0 Å². The van der Waals surface area contributed by atoms with Crippen molar-refractivity contribution in [1.29, 1.82) is 5.26 Å². The van der Waals surface area contributed by atoms with Crippen LogP contribution in [0.4, 0.5) is 0 Å². The minimum atomic E-state index is -0.713. The number of nitrogens with one attached hydrogen (secondary N) is 1. The standard InChI is InChI=1S/C13H22N2O2/c1-4-12(5-2,10-14)15-11(16)9-13(17-3)7-6-8-13/h4-9H2,1-3H3,(H,15,16). The van der Waals surface area contributed by atoms with Gasteiger partial charge in [0.1, 0.15) is 5.54 Å². The summed E-state index contributed by atoms with van der Waals surface area (Å²) in [6, 6.07) is 2.21. The maximum absolute atomic E-state index is 12.0. The highest BCUT2D eigenvalue weighted by Gasteiger charge is 2.40. The van der Waals surface area contributed by atoms with Gasteiger partial charge in [-0.15, -0.1) is 0 Å². The molecule has 0 atom stereocenters. The molecule has 4 nitrogen and oxygen atoms in total. The van der Waals surface area contributed by atoms with Crippen molar-refractivity contribution in [2.75, 3.05) is 7.11 Å². The van der Waals surface area contributed by atoms with Gasteiger partial charge in [0.15, 0.2) is 0 Å². The summed E-state index contributed by atoms with van der Waals surface area (Å²) in [4.78, 5) is 12.0. The third-order valence-electron chi connectivity index (χ3n) is 3.98. The molecule has 1 aliphatic rings. The normalized spacial score (nSPS) is 18.0. The van der Waals surface area contributed by atoms with E-state index in [0.29, 0.717) is 19.3 Å². The van der Waals surface area contributed by atoms with Crippen LogP contribution in [-0.4, -0.2) is 24.2 Å². The van der Waals surface area contributed by atoms with Crippen molar-refractivity contribution in [3.63, 3.8) is 0 Å². The Morgan fingerprint density at radius 2 is 2.06 bits per heavy atom. The molecule has 1 rings (SSSR count). The van der Waals surface area contributed by atoms with Gasteiger partial charge in [-0.05, 0) is 32.1 Å². The molecule has 1 aliphatic carbocycles. The molecule has 0 aromatic heterocycles. The maximum atomic E-state index is 12.0. The van der Waals surface area contributed by atoms with Crippen LogP contribution in [-0.2, 0) is 9.53 Å². The molecule has 96 valence electrons. The highest BCUT2D eigenvalue weighted by Crippen LogP contribution is 2.38. The van der Waals surface area contributed by atoms with Crippen LogP contribution in [0.5, 0.6) is 0 Å². The van der Waals surface area contributed by atoms with E-state index < -0.39 is 5.54 Å². The molecule has 1 amide bonds. The summed E-state index contributed by atoms with van der Waals surface area (Å²) in [5, 5.41) is 12.0. The third-order valence-corrected chi connectivity index (χ3v) is 3.98. The number of hydrogen-bond donors (Lipinski definition) is 1. The quantitative estimate of drug-likeness (QED) is 0.771. The lowest BCUT2D eigenvalue weighted by Crippen LogP contribution is -2.50. The van der Waals surface area contributed by atoms with Crippen molar-refractivity contribution in [2.24, 2.45) is 0 Å². The minimum absolute atomic E-state index is 0.0724. The lowest BCUT2D eigenvalue weighted by Gasteiger charge is -2.40. The Morgan fingerprint density at radius 1 is 1.47 bits per heavy atom. The van der Waals surface area contributed by atoms with Crippen LogP contribution in [0, 0.1) is 11.3 Å². The Kier molecular flexibility index (Phi) is 4.53. The molecule has 1 N–H and O–H groups in total. The van der Waals surface area contributed by atoms with E-state index in [1.807, 2.05) is 13.8 Å². The molecule has 0 spiro atoms. The SMILES string of the molecule is CCC(C#N)(CC)NC(=O)CC1(OC)CCC1. The van der Waals surface area contributed by atoms with E-state index in [4.69, 9.17) is 10.00 Å². The van der Waals surface area contributed by atoms with Crippen molar-refractivity contribution < 1.29 is 9.53 Å². The molecule has 0 aromatic rings. The average molecular weight is 238 g/mol. The summed E-state index contributed by atoms with van der Waals surface area (Å²) in [5.41, 5.74) is -0.984. The van der Waals surface area contributed by atoms with Gasteiger partial charge >= 0.3 is 0 Å². The number of nitriles is 1. The summed E-state index contributed by atoms with van der Waals surface area (Å²) in [6.45, 7) is 3.84. The van der Waals surface area contributed by atoms with Crippen LogP contribution < -0.4 is 5.32 Å². The Morgan fingerprint density at radius 3 is 2.35 bits per heavy atom. The van der Waals surface area contributed by atoms with Gasteiger partial charge in [0, 0.05) is 7.11 Å². The van der Waals surface area contributed by atoms with Crippen molar-refractivity contribution in [3.8, 4) is 6.07 Å². The van der Waals surface area contributed by atoms with Crippen LogP contribution in [0.2, 0.25) is 0 Å². The van der Waals surface area contributed by atoms with E-state index in [-0.39, 0.29) is 11.5 Å². The summed E-state index contributed by atoms with van der Waals surface area (Å²) in [7, 11) is 1.66. The molecule has 17 heavy (non-hydrogen) atoms. The predicted molar refractivity (Wildman–Crippen MR) is 65.3 cm³/mol. The molecule has 0 aliphatic heterocycles. The van der Waals surface area contributed by atoms with Gasteiger partial charge in [-0.2, -0.15) is 5.26 Å². The maximum Gasteiger partial charge on any atom is 0.224 e. The van der Waals surface area contributed by atoms with E-state index >= 15 is 0 Å². The fraction of sp³-hybridized carbons (Fsp3) is 0.846. The van der Waals surface area contributed by atoms with E-state index in [0.717, 1.165) is 19.3 Å². The molecular weight excluding hydrogens is 216 g/mol.